The fourth-order valence-electron chi connectivity index (χ4n) is 1.22. The Kier molecular flexibility index (Phi) is 4.45. The first-order chi connectivity index (χ1) is 6.79. The Morgan fingerprint density at radius 3 is 2.87 bits per heavy atom. The molecule has 0 aliphatic rings. The summed E-state index contributed by atoms with van der Waals surface area (Å²) >= 11 is 1.68. The molecule has 82 valence electrons. The third-order valence-electron chi connectivity index (χ3n) is 2.01. The van der Waals surface area contributed by atoms with E-state index in [0.717, 1.165) is 16.2 Å². The smallest absolute Gasteiger partial charge is 0.166 e. The molecular weight excluding hydrogens is 230 g/mol. The van der Waals surface area contributed by atoms with Crippen molar-refractivity contribution in [2.45, 2.75) is 17.3 Å². The number of H-pyrrole nitrogens is 1. The Labute approximate surface area is 99.3 Å². The fourth-order valence-corrected chi connectivity index (χ4v) is 2.02. The van der Waals surface area contributed by atoms with Crippen molar-refractivity contribution in [3.8, 4) is 0 Å². The highest BCUT2D eigenvalue weighted by Gasteiger charge is 2.06. The first-order valence-corrected chi connectivity index (χ1v) is 5.49. The normalized spacial score (nSPS) is 12.4. The molecule has 0 aliphatic heterocycles. The van der Waals surface area contributed by atoms with Crippen LogP contribution in [0.4, 0.5) is 0 Å². The molecule has 0 aliphatic carbocycles. The van der Waals surface area contributed by atoms with Crippen molar-refractivity contribution in [2.75, 3.05) is 6.54 Å². The van der Waals surface area contributed by atoms with Gasteiger partial charge in [0, 0.05) is 11.8 Å². The number of nitrogens with one attached hydrogen (secondary N) is 1. The molecule has 0 saturated heterocycles. The molecule has 0 saturated carbocycles. The number of hydrogen-bond donors (Lipinski definition) is 2. The number of aromatic amines is 1. The SMILES string of the molecule is CC(CN)Sc1nc2ccccc2[nH]1.Cl. The lowest BCUT2D eigenvalue weighted by molar-refractivity contribution is 0.938. The van der Waals surface area contributed by atoms with Crippen LogP contribution >= 0.6 is 24.2 Å². The molecule has 0 bridgehead atoms. The maximum Gasteiger partial charge on any atom is 0.166 e. The molecule has 1 aromatic heterocycles. The first kappa shape index (κ1) is 12.4. The monoisotopic (exact) mass is 243 g/mol. The Bertz CT molecular complexity index is 396. The van der Waals surface area contributed by atoms with Gasteiger partial charge < -0.3 is 10.7 Å². The Morgan fingerprint density at radius 1 is 1.47 bits per heavy atom. The van der Waals surface area contributed by atoms with Crippen molar-refractivity contribution in [3.05, 3.63) is 24.3 Å². The van der Waals surface area contributed by atoms with Gasteiger partial charge in [-0.3, -0.25) is 0 Å². The predicted molar refractivity (Wildman–Crippen MR) is 67.7 cm³/mol. The van der Waals surface area contributed by atoms with E-state index in [-0.39, 0.29) is 12.4 Å². The number of fused-ring (bicyclic) bond motifs is 1. The number of halogens is 1. The lowest BCUT2D eigenvalue weighted by Crippen LogP contribution is -2.12. The van der Waals surface area contributed by atoms with Crippen LogP contribution in [0.3, 0.4) is 0 Å². The summed E-state index contributed by atoms with van der Waals surface area (Å²) in [6.45, 7) is 2.76. The quantitative estimate of drug-likeness (QED) is 0.815. The van der Waals surface area contributed by atoms with Crippen molar-refractivity contribution in [1.29, 1.82) is 0 Å². The predicted octanol–water partition coefficient (Wildman–Crippen LogP) is 2.42. The molecule has 0 amide bonds. The van der Waals surface area contributed by atoms with Crippen molar-refractivity contribution in [3.63, 3.8) is 0 Å². The molecule has 0 fully saturated rings. The molecule has 5 heteroatoms. The summed E-state index contributed by atoms with van der Waals surface area (Å²) < 4.78 is 0. The van der Waals surface area contributed by atoms with E-state index in [1.807, 2.05) is 24.3 Å². The zero-order chi connectivity index (χ0) is 9.97. The summed E-state index contributed by atoms with van der Waals surface area (Å²) in [4.78, 5) is 7.71. The number of hydrogen-bond acceptors (Lipinski definition) is 3. The molecule has 3 nitrogen and oxygen atoms in total. The minimum atomic E-state index is 0. The largest absolute Gasteiger partial charge is 0.333 e. The third kappa shape index (κ3) is 2.87. The van der Waals surface area contributed by atoms with E-state index < -0.39 is 0 Å². The number of rotatable bonds is 3. The van der Waals surface area contributed by atoms with E-state index in [0.29, 0.717) is 11.8 Å². The van der Waals surface area contributed by atoms with Crippen LogP contribution in [0.15, 0.2) is 29.4 Å². The highest BCUT2D eigenvalue weighted by molar-refractivity contribution is 7.99. The van der Waals surface area contributed by atoms with Crippen LogP contribution in [0.1, 0.15) is 6.92 Å². The van der Waals surface area contributed by atoms with E-state index in [1.165, 1.54) is 0 Å². The second kappa shape index (κ2) is 5.39. The third-order valence-corrected chi connectivity index (χ3v) is 3.02. The second-order valence-electron chi connectivity index (χ2n) is 3.22. The lowest BCUT2D eigenvalue weighted by Gasteiger charge is -2.03. The minimum Gasteiger partial charge on any atom is -0.333 e. The summed E-state index contributed by atoms with van der Waals surface area (Å²) in [5.74, 6) is 0. The molecule has 0 spiro atoms. The fraction of sp³-hybridized carbons (Fsp3) is 0.300. The van der Waals surface area contributed by atoms with E-state index in [9.17, 15) is 0 Å². The molecule has 15 heavy (non-hydrogen) atoms. The van der Waals surface area contributed by atoms with Crippen LogP contribution in [0, 0.1) is 0 Å². The van der Waals surface area contributed by atoms with Gasteiger partial charge in [-0.1, -0.05) is 30.8 Å². The van der Waals surface area contributed by atoms with E-state index >= 15 is 0 Å². The van der Waals surface area contributed by atoms with Gasteiger partial charge in [0.2, 0.25) is 0 Å². The lowest BCUT2D eigenvalue weighted by atomic mass is 10.3. The molecule has 1 heterocycles. The van der Waals surface area contributed by atoms with Gasteiger partial charge in [0.15, 0.2) is 5.16 Å². The first-order valence-electron chi connectivity index (χ1n) is 4.61. The number of nitrogens with two attached hydrogens (primary N) is 1. The van der Waals surface area contributed by atoms with Crippen LogP contribution in [0.2, 0.25) is 0 Å². The zero-order valence-corrected chi connectivity index (χ0v) is 10.1. The number of para-hydroxylation sites is 2. The maximum absolute atomic E-state index is 5.55. The summed E-state index contributed by atoms with van der Waals surface area (Å²) in [6, 6.07) is 8.02. The van der Waals surface area contributed by atoms with Gasteiger partial charge in [0.1, 0.15) is 0 Å². The molecule has 1 atom stereocenters. The zero-order valence-electron chi connectivity index (χ0n) is 8.43. The van der Waals surface area contributed by atoms with Crippen LogP contribution in [0.5, 0.6) is 0 Å². The Morgan fingerprint density at radius 2 is 2.20 bits per heavy atom. The molecule has 1 aromatic carbocycles. The highest BCUT2D eigenvalue weighted by Crippen LogP contribution is 2.22. The Hall–Kier alpha value is -0.710. The van der Waals surface area contributed by atoms with E-state index in [4.69, 9.17) is 5.73 Å². The molecule has 2 rings (SSSR count). The van der Waals surface area contributed by atoms with Gasteiger partial charge >= 0.3 is 0 Å². The number of thioether (sulfide) groups is 1. The van der Waals surface area contributed by atoms with Gasteiger partial charge in [-0.25, -0.2) is 4.98 Å². The summed E-state index contributed by atoms with van der Waals surface area (Å²) in [6.07, 6.45) is 0. The average molecular weight is 244 g/mol. The van der Waals surface area contributed by atoms with Gasteiger partial charge in [0.05, 0.1) is 11.0 Å². The van der Waals surface area contributed by atoms with Crippen LogP contribution in [-0.2, 0) is 0 Å². The summed E-state index contributed by atoms with van der Waals surface area (Å²) in [5.41, 5.74) is 7.65. The Balaban J connectivity index is 0.00000112. The van der Waals surface area contributed by atoms with Crippen LogP contribution in [0.25, 0.3) is 11.0 Å². The average Bonchev–Trinajstić information content (AvgIpc) is 2.59. The number of imidazole rings is 1. The minimum absolute atomic E-state index is 0. The highest BCUT2D eigenvalue weighted by atomic mass is 35.5. The van der Waals surface area contributed by atoms with E-state index in [2.05, 4.69) is 16.9 Å². The molecular formula is C10H14ClN3S. The topological polar surface area (TPSA) is 54.7 Å². The maximum atomic E-state index is 5.55. The number of benzene rings is 1. The summed E-state index contributed by atoms with van der Waals surface area (Å²) in [5, 5.41) is 1.35. The van der Waals surface area contributed by atoms with Crippen molar-refractivity contribution >= 4 is 35.2 Å². The van der Waals surface area contributed by atoms with Gasteiger partial charge in [-0.05, 0) is 12.1 Å². The number of aromatic nitrogens is 2. The van der Waals surface area contributed by atoms with Gasteiger partial charge in [-0.15, -0.1) is 12.4 Å². The van der Waals surface area contributed by atoms with Crippen molar-refractivity contribution in [2.24, 2.45) is 5.73 Å². The number of nitrogens with zero attached hydrogens (tertiary/aromatic N) is 1. The van der Waals surface area contributed by atoms with Crippen LogP contribution in [-0.4, -0.2) is 21.8 Å². The molecule has 1 unspecified atom stereocenters. The van der Waals surface area contributed by atoms with Crippen LogP contribution < -0.4 is 5.73 Å². The van der Waals surface area contributed by atoms with Crippen molar-refractivity contribution < 1.29 is 0 Å². The second-order valence-corrected chi connectivity index (χ2v) is 4.65. The molecule has 0 radical (unpaired) electrons. The van der Waals surface area contributed by atoms with Crippen molar-refractivity contribution in [1.82, 2.24) is 9.97 Å². The molecule has 3 N–H and O–H groups in total. The standard InChI is InChI=1S/C10H13N3S.ClH/c1-7(6-11)14-10-12-8-4-2-3-5-9(8)13-10;/h2-5,7H,6,11H2,1H3,(H,12,13);1H. The van der Waals surface area contributed by atoms with Gasteiger partial charge in [0.25, 0.3) is 0 Å². The molecule has 2 aromatic rings. The van der Waals surface area contributed by atoms with E-state index in [1.54, 1.807) is 11.8 Å². The van der Waals surface area contributed by atoms with Gasteiger partial charge in [-0.2, -0.15) is 0 Å². The summed E-state index contributed by atoms with van der Waals surface area (Å²) in [7, 11) is 0.